The largest absolute Gasteiger partial charge is 0.356 e. The Morgan fingerprint density at radius 3 is 2.50 bits per heavy atom. The zero-order chi connectivity index (χ0) is 11.1. The number of nitrogens with one attached hydrogen (secondary N) is 1. The van der Waals surface area contributed by atoms with E-state index in [1.54, 1.807) is 12.1 Å². The fraction of sp³-hybridized carbons (Fsp3) is 0.364. The topological polar surface area (TPSA) is 55.1 Å². The summed E-state index contributed by atoms with van der Waals surface area (Å²) < 4.78 is 12.6. The molecule has 90 valence electrons. The molecule has 1 amide bonds. The van der Waals surface area contributed by atoms with Crippen molar-refractivity contribution in [1.29, 1.82) is 0 Å². The summed E-state index contributed by atoms with van der Waals surface area (Å²) in [4.78, 5) is 11.0. The second-order valence-corrected chi connectivity index (χ2v) is 3.27. The molecule has 0 fully saturated rings. The molecule has 0 aliphatic rings. The van der Waals surface area contributed by atoms with Gasteiger partial charge in [-0.3, -0.25) is 4.79 Å². The lowest BCUT2D eigenvalue weighted by molar-refractivity contribution is -0.120. The van der Waals surface area contributed by atoms with Crippen molar-refractivity contribution in [2.75, 3.05) is 13.1 Å². The number of amides is 1. The third-order valence-corrected chi connectivity index (χ3v) is 2.02. The highest BCUT2D eigenvalue weighted by molar-refractivity contribution is 5.85. The SMILES string of the molecule is Cl.NCCC(=O)NCCc1ccc(F)cc1. The monoisotopic (exact) mass is 246 g/mol. The first-order chi connectivity index (χ1) is 7.22. The summed E-state index contributed by atoms with van der Waals surface area (Å²) in [6, 6.07) is 6.25. The van der Waals surface area contributed by atoms with Gasteiger partial charge in [0.05, 0.1) is 0 Å². The summed E-state index contributed by atoms with van der Waals surface area (Å²) in [7, 11) is 0. The van der Waals surface area contributed by atoms with Crippen molar-refractivity contribution in [3.05, 3.63) is 35.6 Å². The molecule has 0 unspecified atom stereocenters. The molecule has 1 aromatic rings. The van der Waals surface area contributed by atoms with E-state index >= 15 is 0 Å². The smallest absolute Gasteiger partial charge is 0.221 e. The van der Waals surface area contributed by atoms with E-state index in [0.717, 1.165) is 5.56 Å². The molecule has 0 spiro atoms. The predicted octanol–water partition coefficient (Wildman–Crippen LogP) is 1.25. The van der Waals surface area contributed by atoms with Crippen molar-refractivity contribution < 1.29 is 9.18 Å². The molecular formula is C11H16ClFN2O. The van der Waals surface area contributed by atoms with Gasteiger partial charge >= 0.3 is 0 Å². The van der Waals surface area contributed by atoms with Crippen LogP contribution in [0.3, 0.4) is 0 Å². The Bertz CT molecular complexity index is 316. The van der Waals surface area contributed by atoms with E-state index in [1.807, 2.05) is 0 Å². The van der Waals surface area contributed by atoms with Crippen LogP contribution < -0.4 is 11.1 Å². The Kier molecular flexibility index (Phi) is 7.50. The third kappa shape index (κ3) is 5.68. The highest BCUT2D eigenvalue weighted by atomic mass is 35.5. The van der Waals surface area contributed by atoms with Crippen molar-refractivity contribution in [2.24, 2.45) is 5.73 Å². The third-order valence-electron chi connectivity index (χ3n) is 2.02. The van der Waals surface area contributed by atoms with Crippen molar-refractivity contribution in [1.82, 2.24) is 5.32 Å². The van der Waals surface area contributed by atoms with Gasteiger partial charge in [0.1, 0.15) is 5.82 Å². The van der Waals surface area contributed by atoms with Crippen molar-refractivity contribution in [3.63, 3.8) is 0 Å². The number of hydrogen-bond donors (Lipinski definition) is 2. The Balaban J connectivity index is 0.00000225. The number of carbonyl (C=O) groups excluding carboxylic acids is 1. The lowest BCUT2D eigenvalue weighted by Gasteiger charge is -2.04. The molecule has 16 heavy (non-hydrogen) atoms. The molecule has 0 aromatic heterocycles. The lowest BCUT2D eigenvalue weighted by atomic mass is 10.1. The van der Waals surface area contributed by atoms with Gasteiger partial charge in [-0.15, -0.1) is 12.4 Å². The highest BCUT2D eigenvalue weighted by Gasteiger charge is 1.98. The fourth-order valence-electron chi connectivity index (χ4n) is 1.22. The first kappa shape index (κ1) is 14.9. The number of rotatable bonds is 5. The maximum Gasteiger partial charge on any atom is 0.221 e. The Morgan fingerprint density at radius 2 is 1.94 bits per heavy atom. The maximum absolute atomic E-state index is 12.6. The number of carbonyl (C=O) groups is 1. The molecule has 1 rings (SSSR count). The molecule has 0 saturated carbocycles. The normalized spacial score (nSPS) is 9.38. The lowest BCUT2D eigenvalue weighted by Crippen LogP contribution is -2.27. The average molecular weight is 247 g/mol. The summed E-state index contributed by atoms with van der Waals surface area (Å²) in [5.74, 6) is -0.287. The summed E-state index contributed by atoms with van der Waals surface area (Å²) in [6.07, 6.45) is 1.06. The molecule has 1 aromatic carbocycles. The maximum atomic E-state index is 12.6. The zero-order valence-corrected chi connectivity index (χ0v) is 9.73. The quantitative estimate of drug-likeness (QED) is 0.822. The van der Waals surface area contributed by atoms with Crippen LogP contribution in [-0.2, 0) is 11.2 Å². The molecule has 0 bridgehead atoms. The second-order valence-electron chi connectivity index (χ2n) is 3.27. The van der Waals surface area contributed by atoms with Crippen LogP contribution in [-0.4, -0.2) is 19.0 Å². The minimum Gasteiger partial charge on any atom is -0.356 e. The number of nitrogens with two attached hydrogens (primary N) is 1. The molecular weight excluding hydrogens is 231 g/mol. The minimum absolute atomic E-state index is 0. The highest BCUT2D eigenvalue weighted by Crippen LogP contribution is 2.02. The summed E-state index contributed by atoms with van der Waals surface area (Å²) in [6.45, 7) is 0.923. The Morgan fingerprint density at radius 1 is 1.31 bits per heavy atom. The van der Waals surface area contributed by atoms with Gasteiger partial charge in [0, 0.05) is 19.5 Å². The molecule has 3 N–H and O–H groups in total. The van der Waals surface area contributed by atoms with E-state index in [4.69, 9.17) is 5.73 Å². The molecule has 0 heterocycles. The standard InChI is InChI=1S/C11H15FN2O.ClH/c12-10-3-1-9(2-4-10)6-8-14-11(15)5-7-13;/h1-4H,5-8,13H2,(H,14,15);1H. The molecule has 5 heteroatoms. The van der Waals surface area contributed by atoms with Gasteiger partial charge in [0.2, 0.25) is 5.91 Å². The van der Waals surface area contributed by atoms with Crippen LogP contribution in [0.25, 0.3) is 0 Å². The Labute approximate surface area is 101 Å². The Hall–Kier alpha value is -1.13. The zero-order valence-electron chi connectivity index (χ0n) is 8.91. The van der Waals surface area contributed by atoms with E-state index in [2.05, 4.69) is 5.32 Å². The number of benzene rings is 1. The first-order valence-electron chi connectivity index (χ1n) is 4.93. The van der Waals surface area contributed by atoms with E-state index in [-0.39, 0.29) is 24.1 Å². The average Bonchev–Trinajstić information content (AvgIpc) is 2.21. The van der Waals surface area contributed by atoms with Crippen molar-refractivity contribution in [3.8, 4) is 0 Å². The predicted molar refractivity (Wildman–Crippen MR) is 64.0 cm³/mol. The van der Waals surface area contributed by atoms with Crippen LogP contribution in [0.15, 0.2) is 24.3 Å². The van der Waals surface area contributed by atoms with E-state index < -0.39 is 0 Å². The van der Waals surface area contributed by atoms with E-state index in [0.29, 0.717) is 25.9 Å². The fourth-order valence-corrected chi connectivity index (χ4v) is 1.22. The van der Waals surface area contributed by atoms with Crippen LogP contribution >= 0.6 is 12.4 Å². The first-order valence-corrected chi connectivity index (χ1v) is 4.93. The van der Waals surface area contributed by atoms with Crippen LogP contribution in [0.5, 0.6) is 0 Å². The van der Waals surface area contributed by atoms with Crippen LogP contribution in [0, 0.1) is 5.82 Å². The number of hydrogen-bond acceptors (Lipinski definition) is 2. The minimum atomic E-state index is -0.245. The molecule has 3 nitrogen and oxygen atoms in total. The summed E-state index contributed by atoms with van der Waals surface area (Å²) in [5, 5.41) is 2.73. The van der Waals surface area contributed by atoms with Gasteiger partial charge in [-0.05, 0) is 24.1 Å². The molecule has 0 atom stereocenters. The number of halogens is 2. The van der Waals surface area contributed by atoms with E-state index in [9.17, 15) is 9.18 Å². The van der Waals surface area contributed by atoms with E-state index in [1.165, 1.54) is 12.1 Å². The molecule has 0 radical (unpaired) electrons. The van der Waals surface area contributed by atoms with Gasteiger partial charge in [-0.2, -0.15) is 0 Å². The van der Waals surface area contributed by atoms with Crippen LogP contribution in [0.1, 0.15) is 12.0 Å². The summed E-state index contributed by atoms with van der Waals surface area (Å²) >= 11 is 0. The molecule has 0 aliphatic heterocycles. The van der Waals surface area contributed by atoms with Crippen LogP contribution in [0.2, 0.25) is 0 Å². The van der Waals surface area contributed by atoms with Crippen LogP contribution in [0.4, 0.5) is 4.39 Å². The van der Waals surface area contributed by atoms with Crippen molar-refractivity contribution in [2.45, 2.75) is 12.8 Å². The van der Waals surface area contributed by atoms with Gasteiger partial charge in [-0.1, -0.05) is 12.1 Å². The van der Waals surface area contributed by atoms with Gasteiger partial charge in [0.25, 0.3) is 0 Å². The second kappa shape index (κ2) is 8.07. The van der Waals surface area contributed by atoms with Crippen molar-refractivity contribution >= 4 is 18.3 Å². The summed E-state index contributed by atoms with van der Waals surface area (Å²) in [5.41, 5.74) is 6.23. The molecule has 0 saturated heterocycles. The van der Waals surface area contributed by atoms with Gasteiger partial charge in [-0.25, -0.2) is 4.39 Å². The molecule has 0 aliphatic carbocycles. The van der Waals surface area contributed by atoms with Gasteiger partial charge in [0.15, 0.2) is 0 Å². The van der Waals surface area contributed by atoms with Gasteiger partial charge < -0.3 is 11.1 Å².